The topological polar surface area (TPSA) is 53.3 Å². The summed E-state index contributed by atoms with van der Waals surface area (Å²) in [5, 5.41) is 0. The van der Waals surface area contributed by atoms with Crippen LogP contribution in [-0.4, -0.2) is 64.5 Å². The molecule has 1 aliphatic rings. The van der Waals surface area contributed by atoms with E-state index in [1.165, 1.54) is 0 Å². The average molecular weight is 306 g/mol. The molecule has 0 atom stereocenters. The molecule has 4 nitrogen and oxygen atoms in total. The normalized spacial score (nSPS) is 21.0. The van der Waals surface area contributed by atoms with Crippen molar-refractivity contribution in [2.45, 2.75) is 17.8 Å². The maximum atomic E-state index is 5.55. The second kappa shape index (κ2) is 7.00. The molecule has 0 radical (unpaired) electrons. The average Bonchev–Trinajstić information content (AvgIpc) is 2.08. The first-order valence-electron chi connectivity index (χ1n) is 5.51. The van der Waals surface area contributed by atoms with Crippen LogP contribution in [0.4, 0.5) is 0 Å². The minimum atomic E-state index is -1.44. The van der Waals surface area contributed by atoms with Crippen LogP contribution in [0.25, 0.3) is 0 Å². The quantitative estimate of drug-likeness (QED) is 0.606. The molecule has 0 saturated carbocycles. The minimum absolute atomic E-state index is 0.774. The second-order valence-corrected chi connectivity index (χ2v) is 11.7. The van der Waals surface area contributed by atoms with Crippen LogP contribution in [0.1, 0.15) is 13.8 Å². The van der Waals surface area contributed by atoms with Gasteiger partial charge in [0.1, 0.15) is 0 Å². The first kappa shape index (κ1) is 12.7. The third-order valence-electron chi connectivity index (χ3n) is 2.51. The van der Waals surface area contributed by atoms with Gasteiger partial charge in [0, 0.05) is 0 Å². The fourth-order valence-corrected chi connectivity index (χ4v) is 6.55. The summed E-state index contributed by atoms with van der Waals surface area (Å²) in [7, 11) is 0. The summed E-state index contributed by atoms with van der Waals surface area (Å²) in [4.78, 5) is 2.43. The summed E-state index contributed by atoms with van der Waals surface area (Å²) >= 11 is -1.44. The molecule has 0 unspecified atom stereocenters. The van der Waals surface area contributed by atoms with Crippen molar-refractivity contribution in [1.29, 1.82) is 0 Å². The Balaban J connectivity index is 2.28. The SMILES string of the molecule is C[CH](C)[Sn+]1[NH]CCN(CCN)CC[NH]1. The zero-order chi connectivity index (χ0) is 10.4. The molecule has 1 aliphatic heterocycles. The second-order valence-electron chi connectivity index (χ2n) is 4.05. The Hall–Kier alpha value is 0.639. The fourth-order valence-electron chi connectivity index (χ4n) is 1.69. The summed E-state index contributed by atoms with van der Waals surface area (Å²) in [6.45, 7) is 11.1. The van der Waals surface area contributed by atoms with Gasteiger partial charge in [-0.3, -0.25) is 0 Å². The fraction of sp³-hybridized carbons (Fsp3) is 1.00. The van der Waals surface area contributed by atoms with E-state index in [1.54, 1.807) is 0 Å². The van der Waals surface area contributed by atoms with Crippen LogP contribution >= 0.6 is 0 Å². The molecule has 4 N–H and O–H groups in total. The van der Waals surface area contributed by atoms with E-state index in [0.29, 0.717) is 0 Å². The standard InChI is InChI=1S/C6H16N4.C3H7.Sn/c7-1-4-10(5-2-8)6-3-9;1-3-2;/h7-8H,1-6,9H2;3H,1-2H3;/q-2;;+3. The Bertz CT molecular complexity index is 144. The summed E-state index contributed by atoms with van der Waals surface area (Å²) in [6.07, 6.45) is 0. The molecule has 1 rings (SSSR count). The van der Waals surface area contributed by atoms with Crippen molar-refractivity contribution in [2.24, 2.45) is 5.73 Å². The van der Waals surface area contributed by atoms with E-state index in [2.05, 4.69) is 25.8 Å². The molecule has 1 fully saturated rings. The number of hydrogen-bond donors (Lipinski definition) is 3. The summed E-state index contributed by atoms with van der Waals surface area (Å²) in [5.74, 6) is 0. The van der Waals surface area contributed by atoms with Gasteiger partial charge < -0.3 is 0 Å². The van der Waals surface area contributed by atoms with Crippen LogP contribution in [-0.2, 0) is 0 Å². The van der Waals surface area contributed by atoms with E-state index < -0.39 is 20.3 Å². The Kier molecular flexibility index (Phi) is 6.36. The van der Waals surface area contributed by atoms with Crippen molar-refractivity contribution in [3.05, 3.63) is 0 Å². The monoisotopic (exact) mass is 307 g/mol. The van der Waals surface area contributed by atoms with Crippen molar-refractivity contribution in [2.75, 3.05) is 39.3 Å². The van der Waals surface area contributed by atoms with Crippen LogP contribution in [0.15, 0.2) is 0 Å². The van der Waals surface area contributed by atoms with Gasteiger partial charge in [0.25, 0.3) is 0 Å². The van der Waals surface area contributed by atoms with Crippen LogP contribution < -0.4 is 12.8 Å². The van der Waals surface area contributed by atoms with Crippen LogP contribution in [0.3, 0.4) is 0 Å². The van der Waals surface area contributed by atoms with Gasteiger partial charge in [-0.05, 0) is 0 Å². The number of rotatable bonds is 3. The third kappa shape index (κ3) is 4.44. The van der Waals surface area contributed by atoms with Gasteiger partial charge in [0.05, 0.1) is 0 Å². The van der Waals surface area contributed by atoms with E-state index in [-0.39, 0.29) is 0 Å². The molecule has 1 heterocycles. The number of hydrogen-bond acceptors (Lipinski definition) is 4. The molecule has 0 amide bonds. The summed E-state index contributed by atoms with van der Waals surface area (Å²) in [5.41, 5.74) is 5.55. The van der Waals surface area contributed by atoms with Crippen molar-refractivity contribution >= 4 is 20.3 Å². The molecule has 5 heteroatoms. The van der Waals surface area contributed by atoms with Gasteiger partial charge in [-0.25, -0.2) is 0 Å². The maximum absolute atomic E-state index is 5.55. The molecule has 0 aliphatic carbocycles. The summed E-state index contributed by atoms with van der Waals surface area (Å²) in [6, 6.07) is 0. The predicted octanol–water partition coefficient (Wildman–Crippen LogP) is -0.662. The Morgan fingerprint density at radius 3 is 2.29 bits per heavy atom. The van der Waals surface area contributed by atoms with E-state index in [0.717, 1.165) is 43.2 Å². The van der Waals surface area contributed by atoms with E-state index in [4.69, 9.17) is 5.73 Å². The molecule has 0 aromatic heterocycles. The van der Waals surface area contributed by atoms with Crippen molar-refractivity contribution in [3.8, 4) is 0 Å². The molecule has 0 aromatic carbocycles. The number of nitrogens with one attached hydrogen (secondary N) is 2. The molecule has 82 valence electrons. The number of nitrogens with two attached hydrogens (primary N) is 1. The molecule has 0 aromatic rings. The van der Waals surface area contributed by atoms with Gasteiger partial charge in [-0.15, -0.1) is 0 Å². The van der Waals surface area contributed by atoms with Gasteiger partial charge >= 0.3 is 95.1 Å². The van der Waals surface area contributed by atoms with E-state index in [9.17, 15) is 0 Å². The van der Waals surface area contributed by atoms with Crippen LogP contribution in [0, 0.1) is 0 Å². The van der Waals surface area contributed by atoms with Gasteiger partial charge in [-0.2, -0.15) is 0 Å². The van der Waals surface area contributed by atoms with Crippen LogP contribution in [0.2, 0.25) is 3.93 Å². The summed E-state index contributed by atoms with van der Waals surface area (Å²) < 4.78 is 8.27. The van der Waals surface area contributed by atoms with Crippen molar-refractivity contribution in [1.82, 2.24) is 12.0 Å². The van der Waals surface area contributed by atoms with E-state index in [1.807, 2.05) is 0 Å². The van der Waals surface area contributed by atoms with Gasteiger partial charge in [0.15, 0.2) is 0 Å². The molecule has 14 heavy (non-hydrogen) atoms. The van der Waals surface area contributed by atoms with E-state index >= 15 is 0 Å². The Labute approximate surface area is 95.0 Å². The van der Waals surface area contributed by atoms with Crippen molar-refractivity contribution < 1.29 is 0 Å². The number of nitrogens with zero attached hydrogens (tertiary/aromatic N) is 1. The molecule has 0 bridgehead atoms. The third-order valence-corrected chi connectivity index (χ3v) is 9.41. The molecule has 1 saturated heterocycles. The molecule has 0 spiro atoms. The Morgan fingerprint density at radius 1 is 1.29 bits per heavy atom. The van der Waals surface area contributed by atoms with Gasteiger partial charge in [-0.1, -0.05) is 0 Å². The van der Waals surface area contributed by atoms with Gasteiger partial charge in [0.2, 0.25) is 0 Å². The predicted molar refractivity (Wildman–Crippen MR) is 62.4 cm³/mol. The molecular formula is C9H23N4Sn+. The Morgan fingerprint density at radius 2 is 1.86 bits per heavy atom. The zero-order valence-corrected chi connectivity index (χ0v) is 12.2. The van der Waals surface area contributed by atoms with Crippen molar-refractivity contribution in [3.63, 3.8) is 0 Å². The zero-order valence-electron chi connectivity index (χ0n) is 9.34. The first-order valence-corrected chi connectivity index (χ1v) is 10.0. The van der Waals surface area contributed by atoms with Crippen LogP contribution in [0.5, 0.6) is 0 Å². The molecular weight excluding hydrogens is 283 g/mol. The first-order chi connectivity index (χ1) is 6.74.